The molecule has 0 aliphatic rings. The van der Waals surface area contributed by atoms with E-state index in [1.165, 1.54) is 83.5 Å². The number of allylic oxidation sites excluding steroid dienone is 7. The van der Waals surface area contributed by atoms with Gasteiger partial charge in [-0.3, -0.25) is 13.8 Å². The molecule has 3 atom stereocenters. The molecular formula is C42H80N2O6P+. The number of likely N-dealkylation sites (N-methyl/N-ethyl adjacent to an activating group) is 1. The number of hydrogen-bond donors (Lipinski definition) is 3. The van der Waals surface area contributed by atoms with Gasteiger partial charge in [0.25, 0.3) is 0 Å². The van der Waals surface area contributed by atoms with Crippen LogP contribution in [0.5, 0.6) is 0 Å². The maximum atomic E-state index is 12.8. The van der Waals surface area contributed by atoms with Gasteiger partial charge in [-0.2, -0.15) is 0 Å². The molecule has 0 aliphatic heterocycles. The molecule has 0 rings (SSSR count). The number of quaternary nitrogens is 1. The van der Waals surface area contributed by atoms with Crippen molar-refractivity contribution in [1.29, 1.82) is 0 Å². The normalized spacial score (nSPS) is 15.0. The van der Waals surface area contributed by atoms with E-state index in [-0.39, 0.29) is 19.1 Å². The van der Waals surface area contributed by atoms with Crippen molar-refractivity contribution in [3.05, 3.63) is 48.6 Å². The largest absolute Gasteiger partial charge is 0.472 e. The number of phosphoric ester groups is 1. The molecule has 0 fully saturated rings. The summed E-state index contributed by atoms with van der Waals surface area (Å²) in [6.07, 6.45) is 41.8. The summed E-state index contributed by atoms with van der Waals surface area (Å²) in [5.41, 5.74) is 0. The molecule has 0 saturated heterocycles. The van der Waals surface area contributed by atoms with Crippen LogP contribution in [0.1, 0.15) is 162 Å². The molecule has 0 saturated carbocycles. The van der Waals surface area contributed by atoms with E-state index in [9.17, 15) is 19.4 Å². The first-order valence-electron chi connectivity index (χ1n) is 20.5. The van der Waals surface area contributed by atoms with E-state index in [0.717, 1.165) is 57.8 Å². The lowest BCUT2D eigenvalue weighted by molar-refractivity contribution is -0.870. The number of carbonyl (C=O) groups is 1. The quantitative estimate of drug-likeness (QED) is 0.0256. The third kappa shape index (κ3) is 36.6. The van der Waals surface area contributed by atoms with Gasteiger partial charge in [0.1, 0.15) is 13.2 Å². The van der Waals surface area contributed by atoms with Gasteiger partial charge in [-0.15, -0.1) is 0 Å². The summed E-state index contributed by atoms with van der Waals surface area (Å²) in [6.45, 7) is 4.72. The third-order valence-corrected chi connectivity index (χ3v) is 9.73. The van der Waals surface area contributed by atoms with E-state index in [1.54, 1.807) is 6.08 Å². The van der Waals surface area contributed by atoms with E-state index in [2.05, 4.69) is 55.6 Å². The lowest BCUT2D eigenvalue weighted by atomic mass is 10.1. The van der Waals surface area contributed by atoms with Crippen molar-refractivity contribution in [1.82, 2.24) is 5.32 Å². The van der Waals surface area contributed by atoms with E-state index < -0.39 is 20.0 Å². The topological polar surface area (TPSA) is 105 Å². The molecule has 0 aliphatic carbocycles. The van der Waals surface area contributed by atoms with Crippen LogP contribution in [0, 0.1) is 0 Å². The SMILES string of the molecule is CCCCC/C=C\CCCCCCCC(=O)NC(COP(=O)(O)OCC[N+](C)(C)C)C(O)/C=C/CC/C=C/CC/C=C/CCCCCCCCC. The van der Waals surface area contributed by atoms with Crippen LogP contribution in [0.2, 0.25) is 0 Å². The van der Waals surface area contributed by atoms with Crippen molar-refractivity contribution in [2.75, 3.05) is 40.9 Å². The highest BCUT2D eigenvalue weighted by atomic mass is 31.2. The summed E-state index contributed by atoms with van der Waals surface area (Å²) >= 11 is 0. The minimum atomic E-state index is -4.35. The number of aliphatic hydroxyl groups is 1. The highest BCUT2D eigenvalue weighted by molar-refractivity contribution is 7.47. The standard InChI is InChI=1S/C42H79N2O6P/c1-6-8-10-12-14-16-18-20-21-22-23-24-25-27-29-31-33-35-41(45)40(39-50-51(47,48)49-38-37-44(3,4)5)43-42(46)36-34-32-30-28-26-19-17-15-13-11-9-7-2/h15,17,21-22,25,27,33,35,40-41,45H,6-14,16,18-20,23-24,26,28-32,34,36-39H2,1-5H3,(H-,43,46,47,48)/p+1/b17-15-,22-21+,27-25+,35-33+. The summed E-state index contributed by atoms with van der Waals surface area (Å²) in [6, 6.07) is -0.872. The summed E-state index contributed by atoms with van der Waals surface area (Å²) in [7, 11) is 1.53. The molecule has 8 nitrogen and oxygen atoms in total. The molecule has 0 aromatic carbocycles. The van der Waals surface area contributed by atoms with E-state index >= 15 is 0 Å². The van der Waals surface area contributed by atoms with Crippen LogP contribution in [0.4, 0.5) is 0 Å². The average Bonchev–Trinajstić information content (AvgIpc) is 3.07. The summed E-state index contributed by atoms with van der Waals surface area (Å²) < 4.78 is 23.4. The number of nitrogens with one attached hydrogen (secondary N) is 1. The van der Waals surface area contributed by atoms with Gasteiger partial charge >= 0.3 is 7.82 Å². The average molecular weight is 740 g/mol. The van der Waals surface area contributed by atoms with Crippen molar-refractivity contribution < 1.29 is 32.9 Å². The summed E-state index contributed by atoms with van der Waals surface area (Å²) in [4.78, 5) is 23.0. The Labute approximate surface area is 314 Å². The van der Waals surface area contributed by atoms with Crippen LogP contribution in [-0.2, 0) is 18.4 Å². The number of nitrogens with zero attached hydrogens (tertiary/aromatic N) is 1. The maximum Gasteiger partial charge on any atom is 0.472 e. The number of aliphatic hydroxyl groups excluding tert-OH is 1. The molecule has 51 heavy (non-hydrogen) atoms. The maximum absolute atomic E-state index is 12.8. The first-order valence-corrected chi connectivity index (χ1v) is 22.0. The smallest absolute Gasteiger partial charge is 0.387 e. The number of carbonyl (C=O) groups excluding carboxylic acids is 1. The molecule has 3 unspecified atom stereocenters. The molecule has 0 bridgehead atoms. The number of amides is 1. The highest BCUT2D eigenvalue weighted by Gasteiger charge is 2.27. The second-order valence-corrected chi connectivity index (χ2v) is 16.4. The Bertz CT molecular complexity index is 975. The predicted molar refractivity (Wildman–Crippen MR) is 217 cm³/mol. The molecule has 0 aromatic rings. The molecule has 298 valence electrons. The number of unbranched alkanes of at least 4 members (excludes halogenated alkanes) is 17. The third-order valence-electron chi connectivity index (χ3n) is 8.75. The number of hydrogen-bond acceptors (Lipinski definition) is 5. The molecular weight excluding hydrogens is 659 g/mol. The Balaban J connectivity index is 4.59. The molecule has 3 N–H and O–H groups in total. The van der Waals surface area contributed by atoms with E-state index in [4.69, 9.17) is 9.05 Å². The van der Waals surface area contributed by atoms with Gasteiger partial charge in [0.05, 0.1) is 39.9 Å². The first kappa shape index (κ1) is 49.5. The minimum Gasteiger partial charge on any atom is -0.387 e. The molecule has 0 aromatic heterocycles. The van der Waals surface area contributed by atoms with Crippen molar-refractivity contribution in [2.24, 2.45) is 0 Å². The lowest BCUT2D eigenvalue weighted by Crippen LogP contribution is -2.45. The Morgan fingerprint density at radius 1 is 0.647 bits per heavy atom. The van der Waals surface area contributed by atoms with Crippen molar-refractivity contribution in [2.45, 2.75) is 174 Å². The van der Waals surface area contributed by atoms with Crippen LogP contribution in [0.25, 0.3) is 0 Å². The van der Waals surface area contributed by atoms with Crippen LogP contribution >= 0.6 is 7.82 Å². The van der Waals surface area contributed by atoms with Crippen LogP contribution in [-0.4, -0.2) is 73.4 Å². The van der Waals surface area contributed by atoms with Gasteiger partial charge in [0, 0.05) is 6.42 Å². The van der Waals surface area contributed by atoms with Gasteiger partial charge in [0.15, 0.2) is 0 Å². The zero-order chi connectivity index (χ0) is 37.9. The Hall–Kier alpha value is -1.54. The van der Waals surface area contributed by atoms with Crippen molar-refractivity contribution in [3.8, 4) is 0 Å². The predicted octanol–water partition coefficient (Wildman–Crippen LogP) is 10.9. The zero-order valence-corrected chi connectivity index (χ0v) is 34.5. The van der Waals surface area contributed by atoms with E-state index in [0.29, 0.717) is 17.4 Å². The fraction of sp³-hybridized carbons (Fsp3) is 0.786. The lowest BCUT2D eigenvalue weighted by Gasteiger charge is -2.25. The monoisotopic (exact) mass is 740 g/mol. The minimum absolute atomic E-state index is 0.0507. The molecule has 9 heteroatoms. The Morgan fingerprint density at radius 3 is 1.61 bits per heavy atom. The van der Waals surface area contributed by atoms with Crippen LogP contribution < -0.4 is 5.32 Å². The Morgan fingerprint density at radius 2 is 1.08 bits per heavy atom. The zero-order valence-electron chi connectivity index (χ0n) is 33.6. The highest BCUT2D eigenvalue weighted by Crippen LogP contribution is 2.43. The second kappa shape index (κ2) is 34.2. The van der Waals surface area contributed by atoms with Gasteiger partial charge in [-0.05, 0) is 70.6 Å². The van der Waals surface area contributed by atoms with Gasteiger partial charge in [-0.1, -0.05) is 133 Å². The fourth-order valence-electron chi connectivity index (χ4n) is 5.42. The van der Waals surface area contributed by atoms with Gasteiger partial charge in [0.2, 0.25) is 5.91 Å². The summed E-state index contributed by atoms with van der Waals surface area (Å²) in [5.74, 6) is -0.204. The molecule has 0 radical (unpaired) electrons. The van der Waals surface area contributed by atoms with Gasteiger partial charge < -0.3 is 19.8 Å². The molecule has 0 heterocycles. The second-order valence-electron chi connectivity index (χ2n) is 15.0. The fourth-order valence-corrected chi connectivity index (χ4v) is 6.15. The number of phosphoric acid groups is 1. The molecule has 1 amide bonds. The van der Waals surface area contributed by atoms with Gasteiger partial charge in [-0.25, -0.2) is 4.57 Å². The van der Waals surface area contributed by atoms with E-state index in [1.807, 2.05) is 27.2 Å². The van der Waals surface area contributed by atoms with Crippen LogP contribution in [0.15, 0.2) is 48.6 Å². The number of rotatable bonds is 36. The summed E-state index contributed by atoms with van der Waals surface area (Å²) in [5, 5.41) is 13.7. The van der Waals surface area contributed by atoms with Crippen LogP contribution in [0.3, 0.4) is 0 Å². The Kier molecular flexibility index (Phi) is 33.2. The first-order chi connectivity index (χ1) is 24.5. The van der Waals surface area contributed by atoms with Crippen molar-refractivity contribution >= 4 is 13.7 Å². The van der Waals surface area contributed by atoms with Crippen molar-refractivity contribution in [3.63, 3.8) is 0 Å². The molecule has 0 spiro atoms.